The van der Waals surface area contributed by atoms with Gasteiger partial charge in [-0.2, -0.15) is 0 Å². The number of ketones is 1. The Labute approximate surface area is 178 Å². The van der Waals surface area contributed by atoms with Crippen LogP contribution in [-0.4, -0.2) is 11.8 Å². The van der Waals surface area contributed by atoms with Crippen LogP contribution in [0.25, 0.3) is 0 Å². The fourth-order valence-electron chi connectivity index (χ4n) is 3.33. The normalized spacial score (nSPS) is 10.6. The third-order valence-corrected chi connectivity index (χ3v) is 5.12. The molecule has 0 atom stereocenters. The molecule has 0 bridgehead atoms. The van der Waals surface area contributed by atoms with E-state index in [1.807, 2.05) is 42.5 Å². The number of rotatable bonds is 10. The first-order valence-electron chi connectivity index (χ1n) is 10.7. The molecule has 0 aromatic heterocycles. The molecule has 0 radical (unpaired) electrons. The predicted octanol–water partition coefficient (Wildman–Crippen LogP) is 6.65. The Morgan fingerprint density at radius 1 is 0.667 bits per heavy atom. The summed E-state index contributed by atoms with van der Waals surface area (Å²) in [7, 11) is 0. The molecule has 0 spiro atoms. The first kappa shape index (κ1) is 21.5. The molecule has 0 aliphatic rings. The summed E-state index contributed by atoms with van der Waals surface area (Å²) in [5.41, 5.74) is 2.89. The summed E-state index contributed by atoms with van der Waals surface area (Å²) in [6, 6.07) is 23.4. The number of hydrogen-bond acceptors (Lipinski definition) is 3. The van der Waals surface area contributed by atoms with Gasteiger partial charge in [-0.25, -0.2) is 4.79 Å². The van der Waals surface area contributed by atoms with Crippen LogP contribution in [0.1, 0.15) is 70.9 Å². The highest BCUT2D eigenvalue weighted by atomic mass is 16.5. The summed E-state index contributed by atoms with van der Waals surface area (Å²) < 4.78 is 5.33. The summed E-state index contributed by atoms with van der Waals surface area (Å²) in [6.07, 6.45) is 7.35. The second kappa shape index (κ2) is 11.1. The van der Waals surface area contributed by atoms with E-state index in [0.717, 1.165) is 6.42 Å². The van der Waals surface area contributed by atoms with E-state index in [9.17, 15) is 9.59 Å². The van der Waals surface area contributed by atoms with E-state index < -0.39 is 5.97 Å². The summed E-state index contributed by atoms with van der Waals surface area (Å²) in [6.45, 7) is 2.22. The Kier molecular flexibility index (Phi) is 7.96. The molecule has 0 heterocycles. The van der Waals surface area contributed by atoms with Crippen LogP contribution in [-0.2, 0) is 6.42 Å². The standard InChI is InChI=1S/C27H28O3/c1-2-3-4-5-7-10-21-13-15-22(16-14-21)26(28)23-17-19-24(20-18-23)27(29)30-25-11-8-6-9-12-25/h6,8-9,11-20H,2-5,7,10H2,1H3. The maximum Gasteiger partial charge on any atom is 0.343 e. The SMILES string of the molecule is CCCCCCCc1ccc(C(=O)c2ccc(C(=O)Oc3ccccc3)cc2)cc1. The number of ether oxygens (including phenoxy) is 1. The summed E-state index contributed by atoms with van der Waals surface area (Å²) >= 11 is 0. The molecule has 0 unspecified atom stereocenters. The van der Waals surface area contributed by atoms with Crippen molar-refractivity contribution in [3.8, 4) is 5.75 Å². The monoisotopic (exact) mass is 400 g/mol. The minimum absolute atomic E-state index is 0.0486. The van der Waals surface area contributed by atoms with Crippen LogP contribution >= 0.6 is 0 Å². The van der Waals surface area contributed by atoms with Crippen LogP contribution in [0.4, 0.5) is 0 Å². The Hall–Kier alpha value is -3.20. The van der Waals surface area contributed by atoms with E-state index in [0.29, 0.717) is 22.4 Å². The molecule has 0 aliphatic carbocycles. The first-order chi connectivity index (χ1) is 14.7. The molecule has 0 saturated heterocycles. The van der Waals surface area contributed by atoms with Gasteiger partial charge in [0.15, 0.2) is 5.78 Å². The van der Waals surface area contributed by atoms with E-state index in [4.69, 9.17) is 4.74 Å². The lowest BCUT2D eigenvalue weighted by molar-refractivity contribution is 0.0734. The highest BCUT2D eigenvalue weighted by Gasteiger charge is 2.12. The highest BCUT2D eigenvalue weighted by molar-refractivity contribution is 6.09. The second-order valence-electron chi connectivity index (χ2n) is 7.47. The lowest BCUT2D eigenvalue weighted by Gasteiger charge is -2.06. The molecule has 3 aromatic rings. The quantitative estimate of drug-likeness (QED) is 0.166. The van der Waals surface area contributed by atoms with Crippen LogP contribution in [0.2, 0.25) is 0 Å². The van der Waals surface area contributed by atoms with Gasteiger partial charge >= 0.3 is 5.97 Å². The molecule has 3 aromatic carbocycles. The molecule has 154 valence electrons. The molecule has 3 nitrogen and oxygen atoms in total. The number of unbranched alkanes of at least 4 members (excludes halogenated alkanes) is 4. The zero-order valence-electron chi connectivity index (χ0n) is 17.5. The molecule has 30 heavy (non-hydrogen) atoms. The summed E-state index contributed by atoms with van der Waals surface area (Å²) in [5.74, 6) is 0.00377. The van der Waals surface area contributed by atoms with Gasteiger partial charge in [-0.3, -0.25) is 4.79 Å². The van der Waals surface area contributed by atoms with Crippen LogP contribution in [0, 0.1) is 0 Å². The summed E-state index contributed by atoms with van der Waals surface area (Å²) in [4.78, 5) is 25.0. The molecule has 0 N–H and O–H groups in total. The minimum atomic E-state index is -0.441. The van der Waals surface area contributed by atoms with Gasteiger partial charge in [0.05, 0.1) is 5.56 Å². The van der Waals surface area contributed by atoms with Crippen molar-refractivity contribution in [2.45, 2.75) is 45.4 Å². The number of hydrogen-bond donors (Lipinski definition) is 0. The Morgan fingerprint density at radius 3 is 1.87 bits per heavy atom. The number of para-hydroxylation sites is 1. The molecule has 0 fully saturated rings. The molecule has 0 saturated carbocycles. The number of benzene rings is 3. The fourth-order valence-corrected chi connectivity index (χ4v) is 3.33. The van der Waals surface area contributed by atoms with Gasteiger partial charge in [-0.1, -0.05) is 87.2 Å². The zero-order chi connectivity index (χ0) is 21.2. The minimum Gasteiger partial charge on any atom is -0.423 e. The van der Waals surface area contributed by atoms with E-state index in [2.05, 4.69) is 6.92 Å². The molecular weight excluding hydrogens is 372 g/mol. The highest BCUT2D eigenvalue weighted by Crippen LogP contribution is 2.16. The smallest absolute Gasteiger partial charge is 0.343 e. The van der Waals surface area contributed by atoms with Crippen LogP contribution < -0.4 is 4.74 Å². The fraction of sp³-hybridized carbons (Fsp3) is 0.259. The van der Waals surface area contributed by atoms with E-state index in [1.54, 1.807) is 36.4 Å². The van der Waals surface area contributed by atoms with Crippen molar-refractivity contribution < 1.29 is 14.3 Å². The average Bonchev–Trinajstić information content (AvgIpc) is 2.80. The Balaban J connectivity index is 1.56. The maximum absolute atomic E-state index is 12.7. The molecule has 0 aliphatic heterocycles. The Bertz CT molecular complexity index is 942. The first-order valence-corrected chi connectivity index (χ1v) is 10.7. The summed E-state index contributed by atoms with van der Waals surface area (Å²) in [5, 5.41) is 0. The largest absolute Gasteiger partial charge is 0.423 e. The van der Waals surface area contributed by atoms with Gasteiger partial charge in [0.2, 0.25) is 0 Å². The van der Waals surface area contributed by atoms with Gasteiger partial charge in [0.1, 0.15) is 5.75 Å². The lowest BCUT2D eigenvalue weighted by Crippen LogP contribution is -2.09. The maximum atomic E-state index is 12.7. The Morgan fingerprint density at radius 2 is 1.23 bits per heavy atom. The van der Waals surface area contributed by atoms with Crippen molar-refractivity contribution in [3.63, 3.8) is 0 Å². The van der Waals surface area contributed by atoms with Gasteiger partial charge < -0.3 is 4.74 Å². The van der Waals surface area contributed by atoms with Crippen molar-refractivity contribution in [2.24, 2.45) is 0 Å². The number of carbonyl (C=O) groups is 2. The van der Waals surface area contributed by atoms with E-state index in [-0.39, 0.29) is 5.78 Å². The number of carbonyl (C=O) groups excluding carboxylic acids is 2. The van der Waals surface area contributed by atoms with Crippen LogP contribution in [0.5, 0.6) is 5.75 Å². The van der Waals surface area contributed by atoms with Crippen molar-refractivity contribution in [1.82, 2.24) is 0 Å². The van der Waals surface area contributed by atoms with E-state index in [1.165, 1.54) is 37.7 Å². The van der Waals surface area contributed by atoms with Gasteiger partial charge in [-0.15, -0.1) is 0 Å². The molecule has 3 heteroatoms. The zero-order valence-corrected chi connectivity index (χ0v) is 17.5. The van der Waals surface area contributed by atoms with E-state index >= 15 is 0 Å². The van der Waals surface area contributed by atoms with Gasteiger partial charge in [0, 0.05) is 11.1 Å². The topological polar surface area (TPSA) is 43.4 Å². The van der Waals surface area contributed by atoms with Crippen molar-refractivity contribution in [2.75, 3.05) is 0 Å². The molecular formula is C27H28O3. The third kappa shape index (κ3) is 6.15. The second-order valence-corrected chi connectivity index (χ2v) is 7.47. The van der Waals surface area contributed by atoms with Crippen LogP contribution in [0.3, 0.4) is 0 Å². The average molecular weight is 401 g/mol. The number of aryl methyl sites for hydroxylation is 1. The van der Waals surface area contributed by atoms with Crippen LogP contribution in [0.15, 0.2) is 78.9 Å². The molecule has 0 amide bonds. The lowest BCUT2D eigenvalue weighted by atomic mass is 9.99. The molecule has 3 rings (SSSR count). The van der Waals surface area contributed by atoms with Crippen molar-refractivity contribution in [3.05, 3.63) is 101 Å². The van der Waals surface area contributed by atoms with Gasteiger partial charge in [-0.05, 0) is 42.7 Å². The van der Waals surface area contributed by atoms with Gasteiger partial charge in [0.25, 0.3) is 0 Å². The number of esters is 1. The van der Waals surface area contributed by atoms with Crippen molar-refractivity contribution in [1.29, 1.82) is 0 Å². The van der Waals surface area contributed by atoms with Crippen molar-refractivity contribution >= 4 is 11.8 Å². The third-order valence-electron chi connectivity index (χ3n) is 5.12. The predicted molar refractivity (Wildman–Crippen MR) is 120 cm³/mol.